The Labute approximate surface area is 123 Å². The molecule has 3 rings (SSSR count). The summed E-state index contributed by atoms with van der Waals surface area (Å²) in [5.74, 6) is -0.895. The molecule has 0 radical (unpaired) electrons. The second-order valence-corrected chi connectivity index (χ2v) is 5.54. The summed E-state index contributed by atoms with van der Waals surface area (Å²) in [4.78, 5) is 24.8. The van der Waals surface area contributed by atoms with Crippen LogP contribution in [0.25, 0.3) is 0 Å². The third kappa shape index (κ3) is 1.62. The minimum atomic E-state index is -1.08. The number of hydrogen-bond donors (Lipinski definition) is 0. The first-order chi connectivity index (χ1) is 10.1. The van der Waals surface area contributed by atoms with Crippen LogP contribution < -0.4 is 0 Å². The molecule has 2 atom stereocenters. The van der Waals surface area contributed by atoms with Gasteiger partial charge < -0.3 is 9.47 Å². The van der Waals surface area contributed by atoms with Gasteiger partial charge in [0.2, 0.25) is 0 Å². The van der Waals surface area contributed by atoms with E-state index in [4.69, 9.17) is 9.47 Å². The quantitative estimate of drug-likeness (QED) is 0.633. The van der Waals surface area contributed by atoms with E-state index in [0.29, 0.717) is 12.8 Å². The summed E-state index contributed by atoms with van der Waals surface area (Å²) in [5.41, 5.74) is -0.985. The number of ether oxygens (including phenoxy) is 2. The summed E-state index contributed by atoms with van der Waals surface area (Å²) in [7, 11) is 0. The van der Waals surface area contributed by atoms with Crippen molar-refractivity contribution in [3.05, 3.63) is 48.0 Å². The molecule has 2 aliphatic rings. The molecule has 110 valence electrons. The molecule has 21 heavy (non-hydrogen) atoms. The molecule has 1 saturated carbocycles. The molecule has 1 aliphatic carbocycles. The number of carbonyl (C=O) groups excluding carboxylic acids is 2. The number of carbonyl (C=O) groups is 2. The second-order valence-electron chi connectivity index (χ2n) is 5.54. The van der Waals surface area contributed by atoms with Crippen LogP contribution >= 0.6 is 0 Å². The van der Waals surface area contributed by atoms with Gasteiger partial charge >= 0.3 is 11.9 Å². The fraction of sp³-hybridized carbons (Fsp3) is 0.412. The van der Waals surface area contributed by atoms with Gasteiger partial charge in [-0.25, -0.2) is 4.79 Å². The molecule has 0 aromatic heterocycles. The van der Waals surface area contributed by atoms with Crippen LogP contribution in [0.1, 0.15) is 31.7 Å². The van der Waals surface area contributed by atoms with Crippen molar-refractivity contribution >= 4 is 11.9 Å². The Balaban J connectivity index is 2.19. The Bertz CT molecular complexity index is 606. The van der Waals surface area contributed by atoms with Crippen molar-refractivity contribution in [1.82, 2.24) is 0 Å². The summed E-state index contributed by atoms with van der Waals surface area (Å²) in [5, 5.41) is 0. The molecule has 0 spiro atoms. The van der Waals surface area contributed by atoms with Gasteiger partial charge in [-0.15, -0.1) is 0 Å². The van der Waals surface area contributed by atoms with Crippen LogP contribution in [0.3, 0.4) is 0 Å². The van der Waals surface area contributed by atoms with Gasteiger partial charge in [-0.3, -0.25) is 4.79 Å². The maximum absolute atomic E-state index is 12.7. The molecule has 1 aromatic carbocycles. The number of hydrogen-bond acceptors (Lipinski definition) is 4. The topological polar surface area (TPSA) is 52.6 Å². The standard InChI is InChI=1S/C17H18O4/c1-3-20-15(19)16-10-7-11-17(16,21-14(18)12(16)2)13-8-5-4-6-9-13/h4-6,8-9H,2-3,7,10-11H2,1H3/t16-,17+/m0/s1. The molecular weight excluding hydrogens is 268 g/mol. The van der Waals surface area contributed by atoms with E-state index < -0.39 is 23.0 Å². The van der Waals surface area contributed by atoms with E-state index in [1.807, 2.05) is 30.3 Å². The first-order valence-electron chi connectivity index (χ1n) is 7.24. The van der Waals surface area contributed by atoms with E-state index in [9.17, 15) is 9.59 Å². The van der Waals surface area contributed by atoms with E-state index >= 15 is 0 Å². The normalized spacial score (nSPS) is 30.9. The van der Waals surface area contributed by atoms with Gasteiger partial charge in [0.1, 0.15) is 5.41 Å². The van der Waals surface area contributed by atoms with Gasteiger partial charge in [-0.2, -0.15) is 0 Å². The summed E-state index contributed by atoms with van der Waals surface area (Å²) < 4.78 is 11.0. The lowest BCUT2D eigenvalue weighted by Gasteiger charge is -2.36. The third-order valence-electron chi connectivity index (χ3n) is 4.66. The largest absolute Gasteiger partial charge is 0.465 e. The van der Waals surface area contributed by atoms with Crippen LogP contribution in [-0.4, -0.2) is 18.5 Å². The first-order valence-corrected chi connectivity index (χ1v) is 7.24. The molecule has 2 fully saturated rings. The van der Waals surface area contributed by atoms with Gasteiger partial charge in [-0.1, -0.05) is 36.9 Å². The molecule has 0 amide bonds. The molecule has 4 heteroatoms. The smallest absolute Gasteiger partial charge is 0.335 e. The Morgan fingerprint density at radius 1 is 1.33 bits per heavy atom. The fourth-order valence-electron chi connectivity index (χ4n) is 3.75. The molecule has 1 heterocycles. The number of esters is 2. The van der Waals surface area contributed by atoms with Crippen LogP contribution in [0, 0.1) is 5.41 Å². The summed E-state index contributed by atoms with van der Waals surface area (Å²) >= 11 is 0. The van der Waals surface area contributed by atoms with E-state index in [1.165, 1.54) is 0 Å². The van der Waals surface area contributed by atoms with Crippen LogP contribution in [0.5, 0.6) is 0 Å². The highest BCUT2D eigenvalue weighted by molar-refractivity contribution is 6.02. The Kier molecular flexibility index (Phi) is 3.12. The predicted molar refractivity (Wildman–Crippen MR) is 76.3 cm³/mol. The molecule has 0 unspecified atom stereocenters. The average Bonchev–Trinajstić information content (AvgIpc) is 2.97. The van der Waals surface area contributed by atoms with E-state index in [1.54, 1.807) is 6.92 Å². The van der Waals surface area contributed by atoms with Crippen molar-refractivity contribution in [3.63, 3.8) is 0 Å². The van der Waals surface area contributed by atoms with Crippen molar-refractivity contribution in [2.24, 2.45) is 5.41 Å². The maximum Gasteiger partial charge on any atom is 0.335 e. The minimum absolute atomic E-state index is 0.224. The minimum Gasteiger partial charge on any atom is -0.465 e. The number of benzene rings is 1. The van der Waals surface area contributed by atoms with E-state index in [0.717, 1.165) is 12.0 Å². The zero-order valence-corrected chi connectivity index (χ0v) is 12.1. The van der Waals surface area contributed by atoms with Crippen molar-refractivity contribution in [3.8, 4) is 0 Å². The summed E-state index contributed by atoms with van der Waals surface area (Å²) in [6.45, 7) is 5.88. The van der Waals surface area contributed by atoms with Crippen molar-refractivity contribution < 1.29 is 19.1 Å². The average molecular weight is 286 g/mol. The molecule has 1 aliphatic heterocycles. The van der Waals surface area contributed by atoms with Gasteiger partial charge in [-0.05, 0) is 31.7 Å². The van der Waals surface area contributed by atoms with Crippen LogP contribution in [0.2, 0.25) is 0 Å². The SMILES string of the molecule is C=C1C(=O)O[C@@]2(c3ccccc3)CCC[C@@]12C(=O)OCC. The maximum atomic E-state index is 12.7. The fourth-order valence-corrected chi connectivity index (χ4v) is 3.75. The van der Waals surface area contributed by atoms with E-state index in [2.05, 4.69) is 6.58 Å². The molecule has 0 bridgehead atoms. The van der Waals surface area contributed by atoms with Crippen LogP contribution in [0.15, 0.2) is 42.5 Å². The van der Waals surface area contributed by atoms with Gasteiger partial charge in [0.05, 0.1) is 12.2 Å². The second kappa shape index (κ2) is 4.72. The van der Waals surface area contributed by atoms with Crippen LogP contribution in [0.4, 0.5) is 0 Å². The summed E-state index contributed by atoms with van der Waals surface area (Å²) in [6, 6.07) is 9.45. The number of rotatable bonds is 3. The van der Waals surface area contributed by atoms with Crippen molar-refractivity contribution in [2.45, 2.75) is 31.8 Å². The lowest BCUT2D eigenvalue weighted by Crippen LogP contribution is -2.45. The predicted octanol–water partition coefficient (Wildman–Crippen LogP) is 2.73. The van der Waals surface area contributed by atoms with Gasteiger partial charge in [0.25, 0.3) is 0 Å². The highest BCUT2D eigenvalue weighted by Gasteiger charge is 2.71. The molecule has 1 saturated heterocycles. The van der Waals surface area contributed by atoms with Crippen molar-refractivity contribution in [2.75, 3.05) is 6.61 Å². The zero-order chi connectivity index (χ0) is 15.1. The molecule has 0 N–H and O–H groups in total. The third-order valence-corrected chi connectivity index (χ3v) is 4.66. The molecular formula is C17H18O4. The van der Waals surface area contributed by atoms with Crippen LogP contribution in [-0.2, 0) is 24.7 Å². The lowest BCUT2D eigenvalue weighted by atomic mass is 9.68. The molecule has 1 aromatic rings. The number of fused-ring (bicyclic) bond motifs is 1. The van der Waals surface area contributed by atoms with Crippen molar-refractivity contribution in [1.29, 1.82) is 0 Å². The molecule has 4 nitrogen and oxygen atoms in total. The van der Waals surface area contributed by atoms with Gasteiger partial charge in [0.15, 0.2) is 5.60 Å². The highest BCUT2D eigenvalue weighted by Crippen LogP contribution is 2.63. The monoisotopic (exact) mass is 286 g/mol. The highest BCUT2D eigenvalue weighted by atomic mass is 16.6. The Morgan fingerprint density at radius 2 is 2.05 bits per heavy atom. The van der Waals surface area contributed by atoms with Gasteiger partial charge in [0, 0.05) is 0 Å². The Hall–Kier alpha value is -2.10. The lowest BCUT2D eigenvalue weighted by molar-refractivity contribution is -0.167. The van der Waals surface area contributed by atoms with E-state index in [-0.39, 0.29) is 12.2 Å². The first kappa shape index (κ1) is 13.9. The summed E-state index contributed by atoms with van der Waals surface area (Å²) in [6.07, 6.45) is 1.94. The zero-order valence-electron chi connectivity index (χ0n) is 12.1. The Morgan fingerprint density at radius 3 is 2.71 bits per heavy atom.